The zero-order valence-electron chi connectivity index (χ0n) is 19.2. The topological polar surface area (TPSA) is 116 Å². The van der Waals surface area contributed by atoms with E-state index in [9.17, 15) is 9.59 Å². The van der Waals surface area contributed by atoms with Crippen LogP contribution in [-0.2, 0) is 17.7 Å². The Kier molecular flexibility index (Phi) is 5.58. The Morgan fingerprint density at radius 3 is 2.82 bits per heavy atom. The SMILES string of the molecule is COC(=O)c1cc(-n2c3nc(Nc4ccc5c(c4)CCNC5)ncc3c(=O)n2C(C)C)ccn1. The van der Waals surface area contributed by atoms with E-state index in [1.165, 1.54) is 30.6 Å². The van der Waals surface area contributed by atoms with E-state index >= 15 is 0 Å². The van der Waals surface area contributed by atoms with Crippen LogP contribution < -0.4 is 16.2 Å². The molecule has 0 radical (unpaired) electrons. The Labute approximate surface area is 195 Å². The van der Waals surface area contributed by atoms with Crippen LogP contribution in [0.25, 0.3) is 16.7 Å². The van der Waals surface area contributed by atoms with Gasteiger partial charge in [0.25, 0.3) is 5.56 Å². The first-order chi connectivity index (χ1) is 16.5. The number of fused-ring (bicyclic) bond motifs is 2. The fourth-order valence-corrected chi connectivity index (χ4v) is 4.23. The van der Waals surface area contributed by atoms with Crippen molar-refractivity contribution >= 4 is 28.6 Å². The second kappa shape index (κ2) is 8.71. The summed E-state index contributed by atoms with van der Waals surface area (Å²) in [5.41, 5.74) is 4.39. The van der Waals surface area contributed by atoms with Crippen LogP contribution in [0.3, 0.4) is 0 Å². The van der Waals surface area contributed by atoms with E-state index in [1.54, 1.807) is 21.5 Å². The molecular weight excluding hydrogens is 434 g/mol. The first-order valence-corrected chi connectivity index (χ1v) is 11.1. The molecule has 0 aliphatic carbocycles. The van der Waals surface area contributed by atoms with Crippen LogP contribution in [0.2, 0.25) is 0 Å². The van der Waals surface area contributed by atoms with Gasteiger partial charge in [-0.05, 0) is 62.2 Å². The summed E-state index contributed by atoms with van der Waals surface area (Å²) in [5, 5.41) is 7.02. The molecule has 1 aliphatic heterocycles. The maximum Gasteiger partial charge on any atom is 0.356 e. The first-order valence-electron chi connectivity index (χ1n) is 11.1. The number of hydrogen-bond donors (Lipinski definition) is 2. The van der Waals surface area contributed by atoms with Gasteiger partial charge in [-0.15, -0.1) is 0 Å². The van der Waals surface area contributed by atoms with E-state index in [-0.39, 0.29) is 17.3 Å². The lowest BCUT2D eigenvalue weighted by molar-refractivity contribution is 0.0594. The number of esters is 1. The number of nitrogens with zero attached hydrogens (tertiary/aromatic N) is 5. The Morgan fingerprint density at radius 1 is 1.18 bits per heavy atom. The maximum atomic E-state index is 13.2. The summed E-state index contributed by atoms with van der Waals surface area (Å²) in [5.74, 6) is -0.186. The number of benzene rings is 1. The van der Waals surface area contributed by atoms with Gasteiger partial charge in [0.1, 0.15) is 11.1 Å². The van der Waals surface area contributed by atoms with Gasteiger partial charge in [-0.3, -0.25) is 4.79 Å². The van der Waals surface area contributed by atoms with Crippen molar-refractivity contribution in [2.24, 2.45) is 0 Å². The number of rotatable bonds is 5. The quantitative estimate of drug-likeness (QED) is 0.438. The Balaban J connectivity index is 1.62. The van der Waals surface area contributed by atoms with Gasteiger partial charge >= 0.3 is 5.97 Å². The van der Waals surface area contributed by atoms with Crippen molar-refractivity contribution in [2.75, 3.05) is 19.0 Å². The lowest BCUT2D eigenvalue weighted by atomic mass is 10.0. The third-order valence-corrected chi connectivity index (χ3v) is 5.84. The highest BCUT2D eigenvalue weighted by Gasteiger charge is 2.21. The molecule has 0 bridgehead atoms. The number of anilines is 2. The molecule has 5 rings (SSSR count). The molecule has 34 heavy (non-hydrogen) atoms. The summed E-state index contributed by atoms with van der Waals surface area (Å²) in [7, 11) is 1.30. The highest BCUT2D eigenvalue weighted by atomic mass is 16.5. The van der Waals surface area contributed by atoms with Crippen LogP contribution in [0.1, 0.15) is 41.5 Å². The molecule has 0 fully saturated rings. The second-order valence-corrected chi connectivity index (χ2v) is 8.41. The molecule has 0 saturated heterocycles. The first kappa shape index (κ1) is 21.8. The number of carbonyl (C=O) groups excluding carboxylic acids is 1. The van der Waals surface area contributed by atoms with Crippen molar-refractivity contribution in [1.29, 1.82) is 0 Å². The molecule has 4 heterocycles. The Bertz CT molecular complexity index is 1450. The number of pyridine rings is 1. The zero-order chi connectivity index (χ0) is 23.8. The third-order valence-electron chi connectivity index (χ3n) is 5.84. The molecule has 0 atom stereocenters. The summed E-state index contributed by atoms with van der Waals surface area (Å²) in [6.07, 6.45) is 4.00. The lowest BCUT2D eigenvalue weighted by Crippen LogP contribution is -2.24. The highest BCUT2D eigenvalue weighted by Crippen LogP contribution is 2.23. The predicted molar refractivity (Wildman–Crippen MR) is 128 cm³/mol. The normalized spacial score (nSPS) is 13.2. The van der Waals surface area contributed by atoms with Gasteiger partial charge in [-0.1, -0.05) is 6.07 Å². The van der Waals surface area contributed by atoms with Gasteiger partial charge < -0.3 is 15.4 Å². The average Bonchev–Trinajstić information content (AvgIpc) is 3.15. The van der Waals surface area contributed by atoms with Crippen molar-refractivity contribution in [2.45, 2.75) is 32.9 Å². The molecule has 0 saturated carbocycles. The molecule has 10 heteroatoms. The van der Waals surface area contributed by atoms with E-state index in [1.807, 2.05) is 19.9 Å². The minimum absolute atomic E-state index is 0.139. The second-order valence-electron chi connectivity index (χ2n) is 8.41. The van der Waals surface area contributed by atoms with Crippen molar-refractivity contribution in [3.8, 4) is 5.69 Å². The van der Waals surface area contributed by atoms with Gasteiger partial charge in [0.05, 0.1) is 12.8 Å². The van der Waals surface area contributed by atoms with Gasteiger partial charge in [0.2, 0.25) is 5.95 Å². The summed E-state index contributed by atoms with van der Waals surface area (Å²) < 4.78 is 8.09. The number of aromatic nitrogens is 5. The van der Waals surface area contributed by atoms with Gasteiger partial charge in [-0.25, -0.2) is 24.1 Å². The van der Waals surface area contributed by atoms with Crippen LogP contribution in [0.4, 0.5) is 11.6 Å². The summed E-state index contributed by atoms with van der Waals surface area (Å²) in [6.45, 7) is 5.64. The van der Waals surface area contributed by atoms with Crippen LogP contribution >= 0.6 is 0 Å². The monoisotopic (exact) mass is 459 g/mol. The van der Waals surface area contributed by atoms with Crippen molar-refractivity contribution in [3.63, 3.8) is 0 Å². The number of ether oxygens (including phenoxy) is 1. The highest BCUT2D eigenvalue weighted by molar-refractivity contribution is 5.88. The number of methoxy groups -OCH3 is 1. The van der Waals surface area contributed by atoms with Gasteiger partial charge in [0.15, 0.2) is 5.65 Å². The summed E-state index contributed by atoms with van der Waals surface area (Å²) in [6, 6.07) is 9.34. The van der Waals surface area contributed by atoms with Crippen molar-refractivity contribution < 1.29 is 9.53 Å². The van der Waals surface area contributed by atoms with Gasteiger partial charge in [-0.2, -0.15) is 4.98 Å². The molecule has 2 N–H and O–H groups in total. The van der Waals surface area contributed by atoms with Crippen LogP contribution in [-0.4, -0.2) is 43.9 Å². The third kappa shape index (κ3) is 3.81. The molecule has 4 aromatic rings. The van der Waals surface area contributed by atoms with E-state index in [0.717, 1.165) is 25.2 Å². The zero-order valence-corrected chi connectivity index (χ0v) is 19.2. The molecule has 1 aromatic carbocycles. The average molecular weight is 460 g/mol. The summed E-state index contributed by atoms with van der Waals surface area (Å²) in [4.78, 5) is 38.4. The standard InChI is InChI=1S/C24H25N7O3/c1-14(2)30-22(32)19-13-27-24(28-17-5-4-16-12-25-8-6-15(16)10-17)29-21(19)31(30)18-7-9-26-20(11-18)23(33)34-3/h4-5,7,9-11,13-14,25H,6,8,12H2,1-3H3,(H,27,28,29). The minimum Gasteiger partial charge on any atom is -0.464 e. The fourth-order valence-electron chi connectivity index (χ4n) is 4.23. The smallest absolute Gasteiger partial charge is 0.356 e. The minimum atomic E-state index is -0.559. The van der Waals surface area contributed by atoms with E-state index in [4.69, 9.17) is 4.74 Å². The molecule has 0 spiro atoms. The van der Waals surface area contributed by atoms with Gasteiger partial charge in [0, 0.05) is 30.7 Å². The van der Waals surface area contributed by atoms with Crippen LogP contribution in [0, 0.1) is 0 Å². The number of hydrogen-bond acceptors (Lipinski definition) is 8. The molecule has 1 aliphatic rings. The maximum absolute atomic E-state index is 13.2. The predicted octanol–water partition coefficient (Wildman–Crippen LogP) is 2.73. The molecule has 0 unspecified atom stereocenters. The summed E-state index contributed by atoms with van der Waals surface area (Å²) >= 11 is 0. The Hall–Kier alpha value is -4.05. The lowest BCUT2D eigenvalue weighted by Gasteiger charge is -2.18. The number of nitrogens with one attached hydrogen (secondary N) is 2. The van der Waals surface area contributed by atoms with E-state index in [2.05, 4.69) is 37.7 Å². The van der Waals surface area contributed by atoms with E-state index < -0.39 is 5.97 Å². The number of carbonyl (C=O) groups is 1. The van der Waals surface area contributed by atoms with Crippen molar-refractivity contribution in [3.05, 3.63) is 69.9 Å². The van der Waals surface area contributed by atoms with E-state index in [0.29, 0.717) is 22.7 Å². The molecule has 10 nitrogen and oxygen atoms in total. The Morgan fingerprint density at radius 2 is 2.03 bits per heavy atom. The van der Waals surface area contributed by atoms with Crippen molar-refractivity contribution in [1.82, 2.24) is 29.6 Å². The van der Waals surface area contributed by atoms with Crippen LogP contribution in [0.15, 0.2) is 47.5 Å². The molecular formula is C24H25N7O3. The largest absolute Gasteiger partial charge is 0.464 e. The molecule has 0 amide bonds. The fraction of sp³-hybridized carbons (Fsp3) is 0.292. The van der Waals surface area contributed by atoms with Crippen LogP contribution in [0.5, 0.6) is 0 Å². The molecule has 3 aromatic heterocycles. The molecule has 174 valence electrons.